The maximum absolute atomic E-state index is 5.26. The van der Waals surface area contributed by atoms with Crippen LogP contribution in [0.4, 0.5) is 17.1 Å². The molecule has 0 aliphatic heterocycles. The molecule has 0 amide bonds. The number of nitrogens with zero attached hydrogens (tertiary/aromatic N) is 3. The van der Waals surface area contributed by atoms with Gasteiger partial charge in [-0.15, -0.1) is 0 Å². The second-order valence-electron chi connectivity index (χ2n) is 14.9. The Morgan fingerprint density at radius 1 is 0.310 bits per heavy atom. The number of anilines is 3. The molecule has 10 aromatic carbocycles. The normalized spacial score (nSPS) is 11.4. The Bertz CT molecular complexity index is 3130. The maximum atomic E-state index is 5.26. The Kier molecular flexibility index (Phi) is 8.15. The number of fused-ring (bicyclic) bond motifs is 4. The van der Waals surface area contributed by atoms with Crippen molar-refractivity contribution in [2.45, 2.75) is 0 Å². The fourth-order valence-electron chi connectivity index (χ4n) is 8.35. The molecule has 0 aliphatic carbocycles. The fraction of sp³-hybridized carbons (Fsp3) is 0. The molecule has 0 saturated heterocycles. The Hall–Kier alpha value is -7.75. The minimum Gasteiger partial charge on any atom is -0.311 e. The van der Waals surface area contributed by atoms with E-state index in [1.165, 1.54) is 54.6 Å². The summed E-state index contributed by atoms with van der Waals surface area (Å²) >= 11 is 0. The lowest BCUT2D eigenvalue weighted by Gasteiger charge is -2.26. The molecule has 58 heavy (non-hydrogen) atoms. The number of imidazole rings is 1. The van der Waals surface area contributed by atoms with Crippen LogP contribution in [0.1, 0.15) is 0 Å². The van der Waals surface area contributed by atoms with Gasteiger partial charge in [0.15, 0.2) is 0 Å². The molecule has 0 saturated carbocycles. The van der Waals surface area contributed by atoms with E-state index >= 15 is 0 Å². The topological polar surface area (TPSA) is 21.1 Å². The Balaban J connectivity index is 1.00. The van der Waals surface area contributed by atoms with E-state index in [4.69, 9.17) is 4.98 Å². The van der Waals surface area contributed by atoms with Gasteiger partial charge in [0.2, 0.25) is 0 Å². The molecule has 0 unspecified atom stereocenters. The van der Waals surface area contributed by atoms with Crippen molar-refractivity contribution in [3.05, 3.63) is 224 Å². The lowest BCUT2D eigenvalue weighted by Crippen LogP contribution is -2.10. The average Bonchev–Trinajstić information content (AvgIpc) is 3.67. The summed E-state index contributed by atoms with van der Waals surface area (Å²) in [6, 6.07) is 80.6. The highest BCUT2D eigenvalue weighted by atomic mass is 15.1. The zero-order chi connectivity index (χ0) is 38.4. The van der Waals surface area contributed by atoms with Crippen molar-refractivity contribution in [3.63, 3.8) is 0 Å². The van der Waals surface area contributed by atoms with Crippen LogP contribution in [0.15, 0.2) is 224 Å². The molecule has 0 N–H and O–H groups in total. The first-order chi connectivity index (χ1) is 28.7. The Morgan fingerprint density at radius 3 is 1.21 bits per heavy atom. The maximum Gasteiger partial charge on any atom is 0.145 e. The molecule has 272 valence electrons. The zero-order valence-corrected chi connectivity index (χ0v) is 31.7. The largest absolute Gasteiger partial charge is 0.311 e. The molecular formula is C55H37N3. The summed E-state index contributed by atoms with van der Waals surface area (Å²) in [6.07, 6.45) is 0. The number of para-hydroxylation sites is 1. The minimum atomic E-state index is 0.911. The summed E-state index contributed by atoms with van der Waals surface area (Å²) in [5, 5.41) is 7.36. The van der Waals surface area contributed by atoms with E-state index in [0.29, 0.717) is 0 Å². The van der Waals surface area contributed by atoms with Gasteiger partial charge in [-0.1, -0.05) is 140 Å². The number of rotatable bonds is 7. The Morgan fingerprint density at radius 2 is 0.707 bits per heavy atom. The van der Waals surface area contributed by atoms with Gasteiger partial charge in [-0.2, -0.15) is 0 Å². The van der Waals surface area contributed by atoms with Crippen molar-refractivity contribution in [1.82, 2.24) is 9.55 Å². The highest BCUT2D eigenvalue weighted by Crippen LogP contribution is 2.39. The molecule has 0 bridgehead atoms. The number of hydrogen-bond donors (Lipinski definition) is 0. The van der Waals surface area contributed by atoms with Crippen molar-refractivity contribution in [2.75, 3.05) is 4.90 Å². The van der Waals surface area contributed by atoms with Crippen molar-refractivity contribution in [2.24, 2.45) is 0 Å². The summed E-state index contributed by atoms with van der Waals surface area (Å²) in [5.74, 6) is 0.911. The van der Waals surface area contributed by atoms with Gasteiger partial charge in [-0.25, -0.2) is 4.98 Å². The monoisotopic (exact) mass is 739 g/mol. The molecule has 3 nitrogen and oxygen atoms in total. The van der Waals surface area contributed by atoms with Crippen LogP contribution in [0, 0.1) is 0 Å². The average molecular weight is 740 g/mol. The third-order valence-electron chi connectivity index (χ3n) is 11.3. The predicted molar refractivity (Wildman–Crippen MR) is 245 cm³/mol. The number of benzene rings is 10. The van der Waals surface area contributed by atoms with Crippen LogP contribution in [0.2, 0.25) is 0 Å². The lowest BCUT2D eigenvalue weighted by atomic mass is 10.00. The van der Waals surface area contributed by atoms with Gasteiger partial charge in [0, 0.05) is 28.3 Å². The van der Waals surface area contributed by atoms with E-state index < -0.39 is 0 Å². The molecule has 0 atom stereocenters. The van der Waals surface area contributed by atoms with Gasteiger partial charge in [0.05, 0.1) is 11.0 Å². The highest BCUT2D eigenvalue weighted by molar-refractivity contribution is 5.98. The van der Waals surface area contributed by atoms with Crippen LogP contribution in [0.5, 0.6) is 0 Å². The van der Waals surface area contributed by atoms with Gasteiger partial charge in [0.1, 0.15) is 5.82 Å². The molecular weight excluding hydrogens is 703 g/mol. The van der Waals surface area contributed by atoms with Crippen molar-refractivity contribution >= 4 is 60.4 Å². The summed E-state index contributed by atoms with van der Waals surface area (Å²) in [5.41, 5.74) is 12.2. The van der Waals surface area contributed by atoms with Crippen molar-refractivity contribution < 1.29 is 0 Å². The lowest BCUT2D eigenvalue weighted by molar-refractivity contribution is 1.10. The van der Waals surface area contributed by atoms with Gasteiger partial charge in [-0.05, 0) is 140 Å². The third kappa shape index (κ3) is 6.07. The van der Waals surface area contributed by atoms with Gasteiger partial charge >= 0.3 is 0 Å². The van der Waals surface area contributed by atoms with Crippen molar-refractivity contribution in [1.29, 1.82) is 0 Å². The van der Waals surface area contributed by atoms with Crippen LogP contribution >= 0.6 is 0 Å². The highest BCUT2D eigenvalue weighted by Gasteiger charge is 2.18. The van der Waals surface area contributed by atoms with Crippen LogP contribution in [0.25, 0.3) is 82.7 Å². The van der Waals surface area contributed by atoms with Gasteiger partial charge < -0.3 is 4.90 Å². The van der Waals surface area contributed by atoms with Crippen LogP contribution < -0.4 is 4.90 Å². The van der Waals surface area contributed by atoms with E-state index in [1.54, 1.807) is 0 Å². The first-order valence-electron chi connectivity index (χ1n) is 19.8. The molecule has 11 rings (SSSR count). The minimum absolute atomic E-state index is 0.911. The van der Waals surface area contributed by atoms with Crippen LogP contribution in [0.3, 0.4) is 0 Å². The molecule has 0 radical (unpaired) electrons. The zero-order valence-electron chi connectivity index (χ0n) is 31.7. The standard InChI is InChI=1S/C55H37N3/c1-2-16-49(17-3-1)58-54-37-46-15-9-8-14-45(46)36-53(54)56-55(58)42-26-32-52(33-27-42)57(50-28-22-40(23-29-50)47-20-18-38-10-4-6-12-43(38)34-47)51-30-24-41(25-31-51)48-21-19-39-11-5-7-13-44(39)35-48/h1-37H. The van der Waals surface area contributed by atoms with E-state index in [1.807, 2.05) is 0 Å². The molecule has 11 aromatic rings. The summed E-state index contributed by atoms with van der Waals surface area (Å²) in [6.45, 7) is 0. The van der Waals surface area contributed by atoms with Crippen LogP contribution in [-0.2, 0) is 0 Å². The quantitative estimate of drug-likeness (QED) is 0.162. The van der Waals surface area contributed by atoms with Gasteiger partial charge in [-0.3, -0.25) is 4.57 Å². The number of hydrogen-bond acceptors (Lipinski definition) is 2. The molecule has 1 heterocycles. The molecule has 0 aliphatic rings. The first-order valence-corrected chi connectivity index (χ1v) is 19.8. The molecule has 3 heteroatoms. The molecule has 1 aromatic heterocycles. The van der Waals surface area contributed by atoms with Gasteiger partial charge in [0.25, 0.3) is 0 Å². The summed E-state index contributed by atoms with van der Waals surface area (Å²) < 4.78 is 2.28. The van der Waals surface area contributed by atoms with Crippen molar-refractivity contribution in [3.8, 4) is 39.3 Å². The van der Waals surface area contributed by atoms with Crippen LogP contribution in [-0.4, -0.2) is 9.55 Å². The summed E-state index contributed by atoms with van der Waals surface area (Å²) in [4.78, 5) is 7.60. The third-order valence-corrected chi connectivity index (χ3v) is 11.3. The van der Waals surface area contributed by atoms with E-state index in [0.717, 1.165) is 45.2 Å². The van der Waals surface area contributed by atoms with E-state index in [-0.39, 0.29) is 0 Å². The fourth-order valence-corrected chi connectivity index (χ4v) is 8.35. The molecule has 0 spiro atoms. The SMILES string of the molecule is c1ccc(-n2c(-c3ccc(N(c4ccc(-c5ccc6ccccc6c5)cc4)c4ccc(-c5ccc6ccccc6c5)cc4)cc3)nc3cc4ccccc4cc32)cc1. The second-order valence-corrected chi connectivity index (χ2v) is 14.9. The smallest absolute Gasteiger partial charge is 0.145 e. The predicted octanol–water partition coefficient (Wildman–Crippen LogP) is 15.0. The van der Waals surface area contributed by atoms with E-state index in [2.05, 4.69) is 234 Å². The summed E-state index contributed by atoms with van der Waals surface area (Å²) in [7, 11) is 0. The first kappa shape index (κ1) is 33.6. The Labute approximate surface area is 337 Å². The molecule has 0 fully saturated rings. The van der Waals surface area contributed by atoms with E-state index in [9.17, 15) is 0 Å². The second kappa shape index (κ2) is 14.1. The number of aromatic nitrogens is 2.